The van der Waals surface area contributed by atoms with Crippen LogP contribution in [0, 0.1) is 23.7 Å². The largest absolute Gasteiger partial charge is 0.379 e. The molecule has 268 valence electrons. The van der Waals surface area contributed by atoms with Crippen LogP contribution in [0.25, 0.3) is 0 Å². The Kier molecular flexibility index (Phi) is 17.2. The van der Waals surface area contributed by atoms with E-state index >= 15 is 0 Å². The van der Waals surface area contributed by atoms with Gasteiger partial charge in [-0.1, -0.05) is 78.7 Å². The molecule has 1 aliphatic heterocycles. The van der Waals surface area contributed by atoms with Gasteiger partial charge in [-0.3, -0.25) is 19.2 Å². The van der Waals surface area contributed by atoms with E-state index < -0.39 is 24.2 Å². The quantitative estimate of drug-likeness (QED) is 0.204. The average molecular weight is 661 g/mol. The van der Waals surface area contributed by atoms with Crippen LogP contribution in [0.5, 0.6) is 0 Å². The lowest BCUT2D eigenvalue weighted by molar-refractivity contribution is -0.147. The van der Waals surface area contributed by atoms with Gasteiger partial charge in [0.05, 0.1) is 36.6 Å². The van der Waals surface area contributed by atoms with Crippen LogP contribution in [0.1, 0.15) is 99.8 Å². The maximum atomic E-state index is 14.0. The summed E-state index contributed by atoms with van der Waals surface area (Å²) in [4.78, 5) is 57.3. The Morgan fingerprint density at radius 3 is 2.28 bits per heavy atom. The van der Waals surface area contributed by atoms with Crippen molar-refractivity contribution in [3.8, 4) is 0 Å². The van der Waals surface area contributed by atoms with Crippen molar-refractivity contribution in [2.75, 3.05) is 34.4 Å². The lowest BCUT2D eigenvalue weighted by Gasteiger charge is -2.40. The fraction of sp³-hybridized carbons (Fsp3) is 0.784. The zero-order valence-electron chi connectivity index (χ0n) is 30.8. The van der Waals surface area contributed by atoms with Gasteiger partial charge in [-0.25, -0.2) is 0 Å². The number of likely N-dealkylation sites (tertiary alicyclic amines) is 1. The molecule has 1 heterocycles. The SMILES string of the molecule is CCC(C)C(C(CC(=O)N1CCC[C@H]1[C@H](OC)C(C)C(=O)NCCC1=CCCC=C1)OC)N(C)C(=O)[C@@H](NC(=O)CC(C)C)C(C)C. The van der Waals surface area contributed by atoms with Crippen molar-refractivity contribution < 1.29 is 28.7 Å². The van der Waals surface area contributed by atoms with Gasteiger partial charge in [0.25, 0.3) is 0 Å². The molecule has 2 aliphatic rings. The molecule has 1 aliphatic carbocycles. The first kappa shape index (κ1) is 40.5. The summed E-state index contributed by atoms with van der Waals surface area (Å²) >= 11 is 0. The van der Waals surface area contributed by atoms with Gasteiger partial charge < -0.3 is 29.9 Å². The molecule has 47 heavy (non-hydrogen) atoms. The summed E-state index contributed by atoms with van der Waals surface area (Å²) in [5.41, 5.74) is 1.24. The minimum absolute atomic E-state index is 0.0329. The van der Waals surface area contributed by atoms with Crippen molar-refractivity contribution in [2.45, 2.75) is 130 Å². The molecular weight excluding hydrogens is 596 g/mol. The normalized spacial score (nSPS) is 20.3. The smallest absolute Gasteiger partial charge is 0.245 e. The molecule has 0 bridgehead atoms. The van der Waals surface area contributed by atoms with Crippen LogP contribution in [-0.2, 0) is 28.7 Å². The third-order valence-electron chi connectivity index (χ3n) is 9.89. The highest BCUT2D eigenvalue weighted by Crippen LogP contribution is 2.29. The molecule has 4 amide bonds. The topological polar surface area (TPSA) is 117 Å². The van der Waals surface area contributed by atoms with Gasteiger partial charge in [-0.15, -0.1) is 0 Å². The molecule has 0 aromatic heterocycles. The van der Waals surface area contributed by atoms with Gasteiger partial charge >= 0.3 is 0 Å². The molecule has 1 saturated heterocycles. The summed E-state index contributed by atoms with van der Waals surface area (Å²) in [6.45, 7) is 14.9. The number of rotatable bonds is 19. The number of allylic oxidation sites excluding steroid dienone is 3. The first-order valence-corrected chi connectivity index (χ1v) is 17.8. The summed E-state index contributed by atoms with van der Waals surface area (Å²) in [7, 11) is 4.94. The second-order valence-corrected chi connectivity index (χ2v) is 14.3. The number of carbonyl (C=O) groups is 4. The Morgan fingerprint density at radius 1 is 1.02 bits per heavy atom. The van der Waals surface area contributed by atoms with Crippen LogP contribution < -0.4 is 10.6 Å². The molecule has 10 nitrogen and oxygen atoms in total. The van der Waals surface area contributed by atoms with E-state index in [-0.39, 0.29) is 59.9 Å². The summed E-state index contributed by atoms with van der Waals surface area (Å²) in [5.74, 6) is -0.835. The van der Waals surface area contributed by atoms with Crippen LogP contribution in [0.2, 0.25) is 0 Å². The van der Waals surface area contributed by atoms with Crippen LogP contribution in [0.15, 0.2) is 23.8 Å². The van der Waals surface area contributed by atoms with Crippen LogP contribution in [-0.4, -0.2) is 98.1 Å². The Hall–Kier alpha value is -2.72. The van der Waals surface area contributed by atoms with Crippen LogP contribution >= 0.6 is 0 Å². The van der Waals surface area contributed by atoms with Gasteiger partial charge in [0.15, 0.2) is 0 Å². The number of methoxy groups -OCH3 is 2. The van der Waals surface area contributed by atoms with E-state index in [1.54, 1.807) is 26.2 Å². The zero-order chi connectivity index (χ0) is 35.3. The molecular formula is C37H64N4O6. The van der Waals surface area contributed by atoms with Gasteiger partial charge in [-0.05, 0) is 49.9 Å². The van der Waals surface area contributed by atoms with E-state index in [1.807, 2.05) is 39.5 Å². The maximum absolute atomic E-state index is 14.0. The number of nitrogens with one attached hydrogen (secondary N) is 2. The van der Waals surface area contributed by atoms with E-state index in [2.05, 4.69) is 42.7 Å². The standard InChI is InChI=1S/C37H64N4O6/c1-11-26(6)34(40(8)37(45)33(25(4)5)39-31(42)22-24(2)3)30(46-9)23-32(43)41-21-15-18-29(41)35(47-10)27(7)36(44)38-20-19-28-16-13-12-14-17-28/h13,16-17,24-27,29-30,33-35H,11-12,14-15,18-23H2,1-10H3,(H,38,44)(H,39,42)/t26?,27?,29-,30?,33-,34?,35+/m0/s1. The van der Waals surface area contributed by atoms with Gasteiger partial charge in [0.2, 0.25) is 23.6 Å². The lowest BCUT2D eigenvalue weighted by atomic mass is 9.89. The number of hydrogen-bond acceptors (Lipinski definition) is 6. The zero-order valence-corrected chi connectivity index (χ0v) is 30.8. The average Bonchev–Trinajstić information content (AvgIpc) is 3.52. The monoisotopic (exact) mass is 660 g/mol. The van der Waals surface area contributed by atoms with E-state index in [0.29, 0.717) is 19.5 Å². The van der Waals surface area contributed by atoms with Crippen molar-refractivity contribution in [1.82, 2.24) is 20.4 Å². The maximum Gasteiger partial charge on any atom is 0.245 e. The molecule has 0 aromatic carbocycles. The lowest BCUT2D eigenvalue weighted by Crippen LogP contribution is -2.57. The molecule has 1 fully saturated rings. The fourth-order valence-corrected chi connectivity index (χ4v) is 6.99. The highest BCUT2D eigenvalue weighted by molar-refractivity contribution is 5.88. The minimum atomic E-state index is -0.681. The van der Waals surface area contributed by atoms with Crippen molar-refractivity contribution in [1.29, 1.82) is 0 Å². The van der Waals surface area contributed by atoms with Crippen molar-refractivity contribution in [3.63, 3.8) is 0 Å². The van der Waals surface area contributed by atoms with Crippen LogP contribution in [0.4, 0.5) is 0 Å². The van der Waals surface area contributed by atoms with Crippen molar-refractivity contribution >= 4 is 23.6 Å². The molecule has 4 unspecified atom stereocenters. The van der Waals surface area contributed by atoms with Crippen LogP contribution in [0.3, 0.4) is 0 Å². The minimum Gasteiger partial charge on any atom is -0.379 e. The molecule has 2 N–H and O–H groups in total. The fourth-order valence-electron chi connectivity index (χ4n) is 6.99. The summed E-state index contributed by atoms with van der Waals surface area (Å²) < 4.78 is 11.9. The second kappa shape index (κ2) is 19.9. The molecule has 7 atom stereocenters. The second-order valence-electron chi connectivity index (χ2n) is 14.3. The first-order valence-electron chi connectivity index (χ1n) is 17.8. The Labute approximate surface area is 284 Å². The summed E-state index contributed by atoms with van der Waals surface area (Å²) in [6, 6.07) is -1.31. The number of carbonyl (C=O) groups excluding carboxylic acids is 4. The first-order chi connectivity index (χ1) is 22.3. The summed E-state index contributed by atoms with van der Waals surface area (Å²) in [5, 5.41) is 6.03. The summed E-state index contributed by atoms with van der Waals surface area (Å²) in [6.07, 6.45) is 11.2. The van der Waals surface area contributed by atoms with E-state index in [4.69, 9.17) is 9.47 Å². The molecule has 0 radical (unpaired) electrons. The molecule has 0 aromatic rings. The van der Waals surface area contributed by atoms with E-state index in [9.17, 15) is 19.2 Å². The Balaban J connectivity index is 2.16. The number of amides is 4. The third-order valence-corrected chi connectivity index (χ3v) is 9.89. The van der Waals surface area contributed by atoms with Crippen molar-refractivity contribution in [3.05, 3.63) is 23.8 Å². The highest BCUT2D eigenvalue weighted by Gasteiger charge is 2.42. The van der Waals surface area contributed by atoms with Gasteiger partial charge in [0, 0.05) is 40.8 Å². The number of likely N-dealkylation sites (N-methyl/N-ethyl adjacent to an activating group) is 1. The molecule has 0 saturated carbocycles. The van der Waals surface area contributed by atoms with Gasteiger partial charge in [-0.2, -0.15) is 0 Å². The number of nitrogens with zero attached hydrogens (tertiary/aromatic N) is 2. The molecule has 2 rings (SSSR count). The van der Waals surface area contributed by atoms with Gasteiger partial charge in [0.1, 0.15) is 6.04 Å². The number of ether oxygens (including phenoxy) is 2. The highest BCUT2D eigenvalue weighted by atomic mass is 16.5. The predicted octanol–water partition coefficient (Wildman–Crippen LogP) is 4.88. The Morgan fingerprint density at radius 2 is 1.72 bits per heavy atom. The van der Waals surface area contributed by atoms with E-state index in [1.165, 1.54) is 5.57 Å². The van der Waals surface area contributed by atoms with Crippen molar-refractivity contribution in [2.24, 2.45) is 23.7 Å². The molecule has 0 spiro atoms. The molecule has 10 heteroatoms. The number of hydrogen-bond donors (Lipinski definition) is 2. The van der Waals surface area contributed by atoms with E-state index in [0.717, 1.165) is 38.5 Å². The third kappa shape index (κ3) is 11.7. The predicted molar refractivity (Wildman–Crippen MR) is 186 cm³/mol. The Bertz CT molecular complexity index is 1090.